The highest BCUT2D eigenvalue weighted by molar-refractivity contribution is 4.40. The summed E-state index contributed by atoms with van der Waals surface area (Å²) in [6, 6.07) is 0. The Morgan fingerprint density at radius 2 is 1.86 bits per heavy atom. The number of hydrogen-bond donors (Lipinski definition) is 1. The van der Waals surface area contributed by atoms with Gasteiger partial charge in [0.15, 0.2) is 6.29 Å². The van der Waals surface area contributed by atoms with Gasteiger partial charge >= 0.3 is 0 Å². The van der Waals surface area contributed by atoms with Crippen molar-refractivity contribution in [1.29, 1.82) is 0 Å². The Kier molecular flexibility index (Phi) is 10.8. The van der Waals surface area contributed by atoms with Gasteiger partial charge in [0.2, 0.25) is 0 Å². The molecular weight excluding hydrogens is 184 g/mol. The fourth-order valence-electron chi connectivity index (χ4n) is 0.926. The Bertz CT molecular complexity index is 108. The fourth-order valence-corrected chi connectivity index (χ4v) is 0.926. The van der Waals surface area contributed by atoms with Crippen molar-refractivity contribution in [2.75, 3.05) is 33.0 Å². The molecule has 4 nitrogen and oxygen atoms in total. The average Bonchev–Trinajstić information content (AvgIpc) is 2.21. The Morgan fingerprint density at radius 3 is 2.43 bits per heavy atom. The zero-order valence-corrected chi connectivity index (χ0v) is 9.20. The van der Waals surface area contributed by atoms with E-state index < -0.39 is 6.29 Å². The van der Waals surface area contributed by atoms with E-state index in [4.69, 9.17) is 19.3 Å². The van der Waals surface area contributed by atoms with Crippen LogP contribution in [0.2, 0.25) is 0 Å². The van der Waals surface area contributed by atoms with E-state index >= 15 is 0 Å². The van der Waals surface area contributed by atoms with E-state index in [1.165, 1.54) is 0 Å². The molecule has 0 aromatic heterocycles. The molecule has 14 heavy (non-hydrogen) atoms. The molecule has 1 unspecified atom stereocenters. The Hall–Kier alpha value is -0.160. The first-order valence-electron chi connectivity index (χ1n) is 5.26. The molecule has 1 atom stereocenters. The lowest BCUT2D eigenvalue weighted by Gasteiger charge is -2.14. The fraction of sp³-hybridized carbons (Fsp3) is 1.00. The minimum atomic E-state index is -0.505. The van der Waals surface area contributed by atoms with E-state index in [2.05, 4.69) is 6.92 Å². The van der Waals surface area contributed by atoms with Gasteiger partial charge in [-0.25, -0.2) is 0 Å². The average molecular weight is 206 g/mol. The Balaban J connectivity index is 3.15. The minimum Gasteiger partial charge on any atom is -0.391 e. The zero-order chi connectivity index (χ0) is 10.6. The van der Waals surface area contributed by atoms with Crippen molar-refractivity contribution >= 4 is 0 Å². The first kappa shape index (κ1) is 13.8. The van der Waals surface area contributed by atoms with Crippen LogP contribution in [0.5, 0.6) is 0 Å². The molecule has 0 aliphatic heterocycles. The topological polar surface area (TPSA) is 47.9 Å². The highest BCUT2D eigenvalue weighted by Crippen LogP contribution is 1.94. The van der Waals surface area contributed by atoms with E-state index in [0.717, 1.165) is 19.4 Å². The standard InChI is InChI=1S/C10H22O4/c1-3-5-6-12-7-8-14-10(9-11)13-4-2/h10-11H,3-9H2,1-2H3. The predicted molar refractivity (Wildman–Crippen MR) is 54.2 cm³/mol. The largest absolute Gasteiger partial charge is 0.391 e. The van der Waals surface area contributed by atoms with Gasteiger partial charge in [0.1, 0.15) is 0 Å². The van der Waals surface area contributed by atoms with Crippen molar-refractivity contribution in [2.45, 2.75) is 33.0 Å². The van der Waals surface area contributed by atoms with Crippen molar-refractivity contribution in [3.05, 3.63) is 0 Å². The summed E-state index contributed by atoms with van der Waals surface area (Å²) in [5.41, 5.74) is 0. The number of rotatable bonds is 10. The molecule has 0 heterocycles. The summed E-state index contributed by atoms with van der Waals surface area (Å²) in [6.07, 6.45) is 1.71. The normalized spacial score (nSPS) is 13.1. The first-order valence-corrected chi connectivity index (χ1v) is 5.26. The van der Waals surface area contributed by atoms with Crippen LogP contribution in [-0.4, -0.2) is 44.4 Å². The van der Waals surface area contributed by atoms with Crippen molar-refractivity contribution in [3.8, 4) is 0 Å². The molecule has 4 heteroatoms. The SMILES string of the molecule is CCCCOCCOC(CO)OCC. The van der Waals surface area contributed by atoms with Crippen LogP contribution in [0.4, 0.5) is 0 Å². The van der Waals surface area contributed by atoms with Crippen molar-refractivity contribution in [1.82, 2.24) is 0 Å². The van der Waals surface area contributed by atoms with Gasteiger partial charge in [-0.1, -0.05) is 13.3 Å². The molecule has 0 bridgehead atoms. The van der Waals surface area contributed by atoms with E-state index in [-0.39, 0.29) is 6.61 Å². The molecule has 0 aliphatic carbocycles. The Labute approximate surface area is 86.2 Å². The smallest absolute Gasteiger partial charge is 0.180 e. The predicted octanol–water partition coefficient (Wildman–Crippen LogP) is 1.17. The molecule has 0 aliphatic rings. The van der Waals surface area contributed by atoms with Gasteiger partial charge in [0.25, 0.3) is 0 Å². The van der Waals surface area contributed by atoms with Crippen molar-refractivity contribution in [3.63, 3.8) is 0 Å². The van der Waals surface area contributed by atoms with Gasteiger partial charge in [-0.3, -0.25) is 0 Å². The molecule has 86 valence electrons. The van der Waals surface area contributed by atoms with Crippen LogP contribution in [0.25, 0.3) is 0 Å². The summed E-state index contributed by atoms with van der Waals surface area (Å²) < 4.78 is 15.6. The molecule has 0 aromatic rings. The molecule has 0 spiro atoms. The zero-order valence-electron chi connectivity index (χ0n) is 9.20. The van der Waals surface area contributed by atoms with Gasteiger partial charge < -0.3 is 19.3 Å². The maximum Gasteiger partial charge on any atom is 0.180 e. The molecule has 0 fully saturated rings. The van der Waals surface area contributed by atoms with E-state index in [1.807, 2.05) is 6.92 Å². The third-order valence-corrected chi connectivity index (χ3v) is 1.68. The second kappa shape index (κ2) is 10.9. The van der Waals surface area contributed by atoms with Crippen LogP contribution in [0, 0.1) is 0 Å². The second-order valence-electron chi connectivity index (χ2n) is 2.90. The summed E-state index contributed by atoms with van der Waals surface area (Å²) in [4.78, 5) is 0. The van der Waals surface area contributed by atoms with Gasteiger partial charge in [0.05, 0.1) is 19.8 Å². The van der Waals surface area contributed by atoms with Crippen LogP contribution in [0.15, 0.2) is 0 Å². The first-order chi connectivity index (χ1) is 6.85. The highest BCUT2D eigenvalue weighted by atomic mass is 16.7. The van der Waals surface area contributed by atoms with Crippen LogP contribution >= 0.6 is 0 Å². The highest BCUT2D eigenvalue weighted by Gasteiger charge is 2.05. The van der Waals surface area contributed by atoms with Crippen LogP contribution in [0.3, 0.4) is 0 Å². The summed E-state index contributed by atoms with van der Waals surface area (Å²) in [7, 11) is 0. The Morgan fingerprint density at radius 1 is 1.07 bits per heavy atom. The number of aliphatic hydroxyl groups excluding tert-OH is 1. The molecule has 0 aromatic carbocycles. The lowest BCUT2D eigenvalue weighted by Crippen LogP contribution is -2.23. The summed E-state index contributed by atoms with van der Waals surface area (Å²) in [5, 5.41) is 8.81. The van der Waals surface area contributed by atoms with Gasteiger partial charge in [0, 0.05) is 13.2 Å². The quantitative estimate of drug-likeness (QED) is 0.430. The second-order valence-corrected chi connectivity index (χ2v) is 2.90. The number of ether oxygens (including phenoxy) is 3. The third-order valence-electron chi connectivity index (χ3n) is 1.68. The van der Waals surface area contributed by atoms with Gasteiger partial charge in [-0.15, -0.1) is 0 Å². The monoisotopic (exact) mass is 206 g/mol. The summed E-state index contributed by atoms with van der Waals surface area (Å²) >= 11 is 0. The van der Waals surface area contributed by atoms with Gasteiger partial charge in [-0.2, -0.15) is 0 Å². The molecule has 0 rings (SSSR count). The summed E-state index contributed by atoms with van der Waals surface area (Å²) in [6.45, 7) is 6.22. The molecular formula is C10H22O4. The number of unbranched alkanes of at least 4 members (excludes halogenated alkanes) is 1. The van der Waals surface area contributed by atoms with E-state index in [1.54, 1.807) is 0 Å². The van der Waals surface area contributed by atoms with Crippen LogP contribution < -0.4 is 0 Å². The van der Waals surface area contributed by atoms with Gasteiger partial charge in [-0.05, 0) is 13.3 Å². The lowest BCUT2D eigenvalue weighted by molar-refractivity contribution is -0.166. The van der Waals surface area contributed by atoms with Crippen molar-refractivity contribution in [2.24, 2.45) is 0 Å². The van der Waals surface area contributed by atoms with Crippen molar-refractivity contribution < 1.29 is 19.3 Å². The third kappa shape index (κ3) is 8.44. The molecule has 0 saturated carbocycles. The summed E-state index contributed by atoms with van der Waals surface area (Å²) in [5.74, 6) is 0. The molecule has 0 radical (unpaired) electrons. The molecule has 0 amide bonds. The lowest BCUT2D eigenvalue weighted by atomic mass is 10.4. The molecule has 0 saturated heterocycles. The van der Waals surface area contributed by atoms with Crippen LogP contribution in [0.1, 0.15) is 26.7 Å². The van der Waals surface area contributed by atoms with Crippen LogP contribution in [-0.2, 0) is 14.2 Å². The molecule has 1 N–H and O–H groups in total. The number of aliphatic hydroxyl groups is 1. The maximum atomic E-state index is 8.81. The number of hydrogen-bond acceptors (Lipinski definition) is 4. The van der Waals surface area contributed by atoms with E-state index in [0.29, 0.717) is 19.8 Å². The van der Waals surface area contributed by atoms with E-state index in [9.17, 15) is 0 Å². The maximum absolute atomic E-state index is 8.81. The minimum absolute atomic E-state index is 0.108.